The molecule has 0 fully saturated rings. The molecular formula is C37H26ClNO7. The standard InChI is InChI=1S/C37H26ClNO7/c1-23(34(40)25-11-16-28(17-12-25)44-22-24-7-3-2-4-8-24)45-37(43)26-13-20-30-31(21-26)36(42)39(35(30)41)27-14-18-29(19-15-27)46-33-10-6-5-9-32(33)38/h2-21,23H,22H2,1H3/t23-/m0/s1. The van der Waals surface area contributed by atoms with Crippen molar-refractivity contribution < 1.29 is 33.4 Å². The van der Waals surface area contributed by atoms with Gasteiger partial charge in [0.15, 0.2) is 6.10 Å². The van der Waals surface area contributed by atoms with Crippen LogP contribution in [0.15, 0.2) is 121 Å². The van der Waals surface area contributed by atoms with Crippen LogP contribution < -0.4 is 14.4 Å². The molecule has 0 saturated carbocycles. The van der Waals surface area contributed by atoms with Gasteiger partial charge in [-0.3, -0.25) is 14.4 Å². The fourth-order valence-corrected chi connectivity index (χ4v) is 5.07. The fourth-order valence-electron chi connectivity index (χ4n) is 4.89. The highest BCUT2D eigenvalue weighted by Gasteiger charge is 2.37. The summed E-state index contributed by atoms with van der Waals surface area (Å²) in [6, 6.07) is 33.8. The highest BCUT2D eigenvalue weighted by Crippen LogP contribution is 2.33. The van der Waals surface area contributed by atoms with Gasteiger partial charge in [-0.1, -0.05) is 54.1 Å². The summed E-state index contributed by atoms with van der Waals surface area (Å²) in [6.45, 7) is 1.86. The first-order valence-corrected chi connectivity index (χ1v) is 14.7. The highest BCUT2D eigenvalue weighted by molar-refractivity contribution is 6.34. The van der Waals surface area contributed by atoms with Gasteiger partial charge >= 0.3 is 5.97 Å². The van der Waals surface area contributed by atoms with E-state index in [1.807, 2.05) is 30.3 Å². The van der Waals surface area contributed by atoms with Gasteiger partial charge in [0.05, 0.1) is 27.4 Å². The Labute approximate surface area is 269 Å². The van der Waals surface area contributed by atoms with Crippen molar-refractivity contribution in [2.45, 2.75) is 19.6 Å². The van der Waals surface area contributed by atoms with Gasteiger partial charge in [-0.05, 0) is 91.3 Å². The predicted octanol–water partition coefficient (Wildman–Crippen LogP) is 7.94. The molecule has 46 heavy (non-hydrogen) atoms. The quantitative estimate of drug-likeness (QED) is 0.0876. The second-order valence-electron chi connectivity index (χ2n) is 10.4. The number of esters is 1. The number of imide groups is 1. The number of Topliss-reactive ketones (excluding diaryl/α,β-unsaturated/α-hetero) is 1. The number of hydrogen-bond donors (Lipinski definition) is 0. The molecule has 0 aliphatic carbocycles. The third kappa shape index (κ3) is 6.38. The molecule has 0 spiro atoms. The number of halogens is 1. The number of carbonyl (C=O) groups excluding carboxylic acids is 4. The van der Waals surface area contributed by atoms with Crippen LogP contribution in [-0.2, 0) is 11.3 Å². The van der Waals surface area contributed by atoms with Crippen LogP contribution in [0, 0.1) is 0 Å². The van der Waals surface area contributed by atoms with Crippen molar-refractivity contribution in [3.05, 3.63) is 154 Å². The van der Waals surface area contributed by atoms with Crippen molar-refractivity contribution in [2.75, 3.05) is 4.90 Å². The Morgan fingerprint density at radius 1 is 0.717 bits per heavy atom. The van der Waals surface area contributed by atoms with E-state index in [2.05, 4.69) is 0 Å². The van der Waals surface area contributed by atoms with Crippen molar-refractivity contribution in [1.82, 2.24) is 0 Å². The molecule has 2 amide bonds. The predicted molar refractivity (Wildman–Crippen MR) is 172 cm³/mol. The number of nitrogens with zero attached hydrogens (tertiary/aromatic N) is 1. The molecule has 6 rings (SSSR count). The molecule has 0 saturated heterocycles. The van der Waals surface area contributed by atoms with Gasteiger partial charge in [-0.25, -0.2) is 9.69 Å². The molecule has 0 radical (unpaired) electrons. The Balaban J connectivity index is 1.09. The van der Waals surface area contributed by atoms with E-state index in [4.69, 9.17) is 25.8 Å². The van der Waals surface area contributed by atoms with Gasteiger partial charge in [0.25, 0.3) is 11.8 Å². The summed E-state index contributed by atoms with van der Waals surface area (Å²) in [7, 11) is 0. The second kappa shape index (κ2) is 13.1. The van der Waals surface area contributed by atoms with E-state index in [1.54, 1.807) is 72.8 Å². The molecule has 8 nitrogen and oxygen atoms in total. The number of carbonyl (C=O) groups is 4. The summed E-state index contributed by atoms with van der Waals surface area (Å²) < 4.78 is 17.0. The van der Waals surface area contributed by atoms with E-state index in [9.17, 15) is 19.2 Å². The van der Waals surface area contributed by atoms with Crippen LogP contribution in [0.3, 0.4) is 0 Å². The minimum Gasteiger partial charge on any atom is -0.489 e. The van der Waals surface area contributed by atoms with E-state index in [0.29, 0.717) is 40.1 Å². The van der Waals surface area contributed by atoms with Crippen molar-refractivity contribution in [3.8, 4) is 17.2 Å². The number of benzene rings is 5. The maximum atomic E-state index is 13.3. The van der Waals surface area contributed by atoms with Gasteiger partial charge in [-0.2, -0.15) is 0 Å². The van der Waals surface area contributed by atoms with E-state index in [1.165, 1.54) is 25.1 Å². The summed E-state index contributed by atoms with van der Waals surface area (Å²) >= 11 is 6.16. The molecule has 5 aromatic rings. The van der Waals surface area contributed by atoms with E-state index in [0.717, 1.165) is 10.5 Å². The molecule has 9 heteroatoms. The summed E-state index contributed by atoms with van der Waals surface area (Å²) in [5.41, 5.74) is 1.94. The average molecular weight is 632 g/mol. The van der Waals surface area contributed by atoms with Crippen molar-refractivity contribution in [2.24, 2.45) is 0 Å². The molecule has 228 valence electrons. The minimum atomic E-state index is -1.10. The highest BCUT2D eigenvalue weighted by atomic mass is 35.5. The van der Waals surface area contributed by atoms with E-state index in [-0.39, 0.29) is 16.7 Å². The van der Waals surface area contributed by atoms with Gasteiger partial charge in [-0.15, -0.1) is 0 Å². The lowest BCUT2D eigenvalue weighted by molar-refractivity contribution is 0.0318. The molecule has 0 bridgehead atoms. The van der Waals surface area contributed by atoms with Gasteiger partial charge in [0.2, 0.25) is 5.78 Å². The number of para-hydroxylation sites is 1. The van der Waals surface area contributed by atoms with Crippen LogP contribution in [0.2, 0.25) is 5.02 Å². The summed E-state index contributed by atoms with van der Waals surface area (Å²) in [5.74, 6) is -0.787. The van der Waals surface area contributed by atoms with Crippen LogP contribution in [0.5, 0.6) is 17.2 Å². The van der Waals surface area contributed by atoms with Gasteiger partial charge in [0.1, 0.15) is 23.9 Å². The van der Waals surface area contributed by atoms with E-state index >= 15 is 0 Å². The van der Waals surface area contributed by atoms with Crippen molar-refractivity contribution in [1.29, 1.82) is 0 Å². The van der Waals surface area contributed by atoms with Crippen molar-refractivity contribution in [3.63, 3.8) is 0 Å². The zero-order chi connectivity index (χ0) is 32.2. The molecule has 1 atom stereocenters. The molecule has 1 heterocycles. The molecule has 0 aromatic heterocycles. The Bertz CT molecular complexity index is 1940. The Morgan fingerprint density at radius 2 is 1.35 bits per heavy atom. The van der Waals surface area contributed by atoms with Crippen LogP contribution in [0.25, 0.3) is 0 Å². The maximum Gasteiger partial charge on any atom is 0.338 e. The third-order valence-electron chi connectivity index (χ3n) is 7.32. The first kappa shape index (κ1) is 30.3. The van der Waals surface area contributed by atoms with Crippen molar-refractivity contribution >= 4 is 40.9 Å². The van der Waals surface area contributed by atoms with Crippen LogP contribution in [-0.4, -0.2) is 29.7 Å². The monoisotopic (exact) mass is 631 g/mol. The zero-order valence-electron chi connectivity index (χ0n) is 24.5. The first-order chi connectivity index (χ1) is 22.3. The largest absolute Gasteiger partial charge is 0.489 e. The van der Waals surface area contributed by atoms with Crippen LogP contribution >= 0.6 is 11.6 Å². The molecule has 0 N–H and O–H groups in total. The number of amides is 2. The molecule has 1 aliphatic rings. The Morgan fingerprint density at radius 3 is 2.07 bits per heavy atom. The number of rotatable bonds is 10. The molecular weight excluding hydrogens is 606 g/mol. The van der Waals surface area contributed by atoms with Crippen LogP contribution in [0.1, 0.15) is 53.9 Å². The molecule has 0 unspecified atom stereocenters. The average Bonchev–Trinajstić information content (AvgIpc) is 3.33. The first-order valence-electron chi connectivity index (χ1n) is 14.4. The lowest BCUT2D eigenvalue weighted by Crippen LogP contribution is -2.29. The normalized spacial score (nSPS) is 12.8. The summed E-state index contributed by atoms with van der Waals surface area (Å²) in [6.07, 6.45) is -1.10. The topological polar surface area (TPSA) is 99.2 Å². The zero-order valence-corrected chi connectivity index (χ0v) is 25.3. The summed E-state index contributed by atoms with van der Waals surface area (Å²) in [5, 5.41) is 0.443. The van der Waals surface area contributed by atoms with Gasteiger partial charge in [0, 0.05) is 5.56 Å². The number of fused-ring (bicyclic) bond motifs is 1. The lowest BCUT2D eigenvalue weighted by Gasteiger charge is -2.15. The smallest absolute Gasteiger partial charge is 0.338 e. The lowest BCUT2D eigenvalue weighted by atomic mass is 10.1. The number of ketones is 1. The van der Waals surface area contributed by atoms with E-state index < -0.39 is 29.7 Å². The number of hydrogen-bond acceptors (Lipinski definition) is 7. The maximum absolute atomic E-state index is 13.3. The third-order valence-corrected chi connectivity index (χ3v) is 7.63. The molecule has 1 aliphatic heterocycles. The number of ether oxygens (including phenoxy) is 3. The Hall–Kier alpha value is -5.73. The Kier molecular flexibility index (Phi) is 8.63. The van der Waals surface area contributed by atoms with Crippen LogP contribution in [0.4, 0.5) is 5.69 Å². The second-order valence-corrected chi connectivity index (χ2v) is 10.9. The molecule has 5 aromatic carbocycles. The number of anilines is 1. The summed E-state index contributed by atoms with van der Waals surface area (Å²) in [4.78, 5) is 53.5. The van der Waals surface area contributed by atoms with Gasteiger partial charge < -0.3 is 14.2 Å². The minimum absolute atomic E-state index is 0.0366. The SMILES string of the molecule is C[C@H](OC(=O)c1ccc2c(c1)C(=O)N(c1ccc(Oc3ccccc3Cl)cc1)C2=O)C(=O)c1ccc(OCc2ccccc2)cc1. The fraction of sp³-hybridized carbons (Fsp3) is 0.0811.